The predicted octanol–water partition coefficient (Wildman–Crippen LogP) is 4.18. The third-order valence-corrected chi connectivity index (χ3v) is 11.8. The van der Waals surface area contributed by atoms with Crippen LogP contribution in [0.15, 0.2) is 52.6 Å². The van der Waals surface area contributed by atoms with E-state index in [1.54, 1.807) is 21.0 Å². The lowest BCUT2D eigenvalue weighted by Crippen LogP contribution is -2.47. The number of carbonyl (C=O) groups is 3. The molecule has 3 aliphatic carbocycles. The van der Waals surface area contributed by atoms with Crippen molar-refractivity contribution in [3.8, 4) is 5.75 Å². The summed E-state index contributed by atoms with van der Waals surface area (Å²) in [5.41, 5.74) is 6.01. The van der Waals surface area contributed by atoms with E-state index in [0.717, 1.165) is 51.9 Å². The van der Waals surface area contributed by atoms with Gasteiger partial charge in [-0.25, -0.2) is 13.1 Å². The Morgan fingerprint density at radius 1 is 1.13 bits per heavy atom. The van der Waals surface area contributed by atoms with Gasteiger partial charge in [0.2, 0.25) is 10.0 Å². The number of nitrogens with one attached hydrogen (secondary N) is 2. The molecule has 1 aliphatic heterocycles. The van der Waals surface area contributed by atoms with Crippen LogP contribution in [0.5, 0.6) is 5.75 Å². The largest absolute Gasteiger partial charge is 0.496 e. The molecular formula is C34H42N4O6S. The van der Waals surface area contributed by atoms with Crippen molar-refractivity contribution in [2.75, 3.05) is 21.2 Å². The lowest BCUT2D eigenvalue weighted by Gasteiger charge is -2.32. The smallest absolute Gasteiger partial charge is 0.311 e. The van der Waals surface area contributed by atoms with Crippen LogP contribution in [0.4, 0.5) is 0 Å². The lowest BCUT2D eigenvalue weighted by molar-refractivity contribution is -0.144. The molecule has 2 N–H and O–H groups in total. The molecule has 2 aromatic rings. The first-order valence-electron chi connectivity index (χ1n) is 15.9. The summed E-state index contributed by atoms with van der Waals surface area (Å²) in [6.07, 6.45) is 10.5. The van der Waals surface area contributed by atoms with Crippen LogP contribution in [0.1, 0.15) is 81.9 Å². The number of nitrogens with zero attached hydrogens (tertiary/aromatic N) is 2. The first-order chi connectivity index (χ1) is 21.5. The Hall–Kier alpha value is -3.86. The second kappa shape index (κ2) is 11.8. The minimum Gasteiger partial charge on any atom is -0.496 e. The Morgan fingerprint density at radius 3 is 2.53 bits per heavy atom. The number of rotatable bonds is 7. The van der Waals surface area contributed by atoms with Crippen LogP contribution in [0, 0.1) is 0 Å². The van der Waals surface area contributed by atoms with Crippen LogP contribution >= 0.6 is 0 Å². The van der Waals surface area contributed by atoms with Crippen molar-refractivity contribution < 1.29 is 27.5 Å². The maximum absolute atomic E-state index is 13.6. The van der Waals surface area contributed by atoms with E-state index >= 15 is 0 Å². The van der Waals surface area contributed by atoms with Crippen molar-refractivity contribution in [2.45, 2.75) is 88.5 Å². The molecular weight excluding hydrogens is 592 g/mol. The van der Waals surface area contributed by atoms with Crippen molar-refractivity contribution in [1.82, 2.24) is 19.5 Å². The van der Waals surface area contributed by atoms with E-state index in [-0.39, 0.29) is 5.92 Å². The molecule has 45 heavy (non-hydrogen) atoms. The summed E-state index contributed by atoms with van der Waals surface area (Å²) in [7, 11) is 0.883. The van der Waals surface area contributed by atoms with Gasteiger partial charge in [0.25, 0.3) is 5.91 Å². The standard InChI is InChI=1S/C34H42N4O6S/c1-6-19(2)45(42,43)36-32(39)30-24-18-38-26(17-23-27(44-5)16-15-21(31(23)38)20-11-8-7-9-12-20)29-22(28(24)30)13-10-14-25(29)35-33(40)34(41)37(3)4/h10,13,15-17,19-20,25,29H,6-9,11-12,14,18H2,1-5H3,(H,35,40)(H,36,39)/t19?,25-,29?/m1/s1. The van der Waals surface area contributed by atoms with Gasteiger partial charge in [-0.1, -0.05) is 44.4 Å². The highest BCUT2D eigenvalue weighted by atomic mass is 32.2. The molecule has 1 aromatic heterocycles. The molecule has 0 radical (unpaired) electrons. The molecule has 2 unspecified atom stereocenters. The van der Waals surface area contributed by atoms with Gasteiger partial charge in [-0.2, -0.15) is 0 Å². The van der Waals surface area contributed by atoms with E-state index in [1.807, 2.05) is 18.2 Å². The number of sulfonamides is 1. The normalized spacial score (nSPS) is 21.8. The summed E-state index contributed by atoms with van der Waals surface area (Å²) < 4.78 is 36.2. The van der Waals surface area contributed by atoms with Gasteiger partial charge in [0, 0.05) is 43.7 Å². The van der Waals surface area contributed by atoms with Gasteiger partial charge >= 0.3 is 11.8 Å². The van der Waals surface area contributed by atoms with Crippen LogP contribution in [0.3, 0.4) is 0 Å². The zero-order chi connectivity index (χ0) is 32.2. The fourth-order valence-corrected chi connectivity index (χ4v) is 8.34. The van der Waals surface area contributed by atoms with E-state index in [9.17, 15) is 22.8 Å². The first-order valence-corrected chi connectivity index (χ1v) is 17.5. The second-order valence-corrected chi connectivity index (χ2v) is 15.0. The zero-order valence-corrected chi connectivity index (χ0v) is 27.4. The van der Waals surface area contributed by atoms with Crippen molar-refractivity contribution >= 4 is 38.6 Å². The molecule has 240 valence electrons. The van der Waals surface area contributed by atoms with E-state index in [0.29, 0.717) is 30.9 Å². The van der Waals surface area contributed by atoms with Crippen LogP contribution < -0.4 is 14.8 Å². The Bertz CT molecular complexity index is 1790. The molecule has 3 atom stereocenters. The quantitative estimate of drug-likeness (QED) is 0.440. The number of benzene rings is 1. The minimum absolute atomic E-state index is 0.380. The number of hydrogen-bond donors (Lipinski definition) is 2. The van der Waals surface area contributed by atoms with Crippen LogP contribution in [0.2, 0.25) is 0 Å². The van der Waals surface area contributed by atoms with E-state index < -0.39 is 39.0 Å². The number of aromatic nitrogens is 1. The fraction of sp³-hybridized carbons (Fsp3) is 0.500. The van der Waals surface area contributed by atoms with Gasteiger partial charge in [0.1, 0.15) is 5.75 Å². The van der Waals surface area contributed by atoms with Crippen molar-refractivity contribution in [3.63, 3.8) is 0 Å². The van der Waals surface area contributed by atoms with Crippen molar-refractivity contribution in [3.05, 3.63) is 63.9 Å². The number of hydrogen-bond acceptors (Lipinski definition) is 6. The molecule has 0 spiro atoms. The molecule has 1 aromatic carbocycles. The third-order valence-electron chi connectivity index (χ3n) is 9.97. The summed E-state index contributed by atoms with van der Waals surface area (Å²) in [6.45, 7) is 3.74. The minimum atomic E-state index is -3.85. The fourth-order valence-electron chi connectivity index (χ4n) is 7.34. The van der Waals surface area contributed by atoms with E-state index in [4.69, 9.17) is 4.74 Å². The first kappa shape index (κ1) is 31.1. The predicted molar refractivity (Wildman–Crippen MR) is 172 cm³/mol. The van der Waals surface area contributed by atoms with Gasteiger partial charge in [-0.15, -0.1) is 0 Å². The highest BCUT2D eigenvalue weighted by Gasteiger charge is 2.47. The summed E-state index contributed by atoms with van der Waals surface area (Å²) in [5.74, 6) is -1.22. The molecule has 1 saturated carbocycles. The molecule has 4 aliphatic rings. The molecule has 0 bridgehead atoms. The summed E-state index contributed by atoms with van der Waals surface area (Å²) in [4.78, 5) is 40.5. The summed E-state index contributed by atoms with van der Waals surface area (Å²) in [5, 5.41) is 3.24. The third kappa shape index (κ3) is 5.38. The Kier molecular flexibility index (Phi) is 8.18. The van der Waals surface area contributed by atoms with E-state index in [1.165, 1.54) is 43.8 Å². The zero-order valence-electron chi connectivity index (χ0n) is 26.6. The molecule has 6 rings (SSSR count). The number of allylic oxidation sites excluding steroid dienone is 2. The van der Waals surface area contributed by atoms with Crippen molar-refractivity contribution in [1.29, 1.82) is 0 Å². The van der Waals surface area contributed by atoms with Gasteiger partial charge in [-0.05, 0) is 72.9 Å². The molecule has 11 heteroatoms. The van der Waals surface area contributed by atoms with E-state index in [2.05, 4.69) is 26.7 Å². The Morgan fingerprint density at radius 2 is 1.87 bits per heavy atom. The maximum Gasteiger partial charge on any atom is 0.311 e. The summed E-state index contributed by atoms with van der Waals surface area (Å²) >= 11 is 0. The lowest BCUT2D eigenvalue weighted by atomic mass is 9.81. The molecule has 1 fully saturated rings. The number of ether oxygens (including phenoxy) is 1. The van der Waals surface area contributed by atoms with Crippen LogP contribution in [-0.4, -0.2) is 68.1 Å². The second-order valence-electron chi connectivity index (χ2n) is 12.9. The van der Waals surface area contributed by atoms with Gasteiger partial charge in [0.15, 0.2) is 0 Å². The molecule has 10 nitrogen and oxygen atoms in total. The number of amides is 3. The topological polar surface area (TPSA) is 127 Å². The molecule has 2 heterocycles. The number of carbonyl (C=O) groups excluding carboxylic acids is 3. The monoisotopic (exact) mass is 634 g/mol. The number of fused-ring (bicyclic) bond motifs is 6. The average molecular weight is 635 g/mol. The van der Waals surface area contributed by atoms with Crippen molar-refractivity contribution in [2.24, 2.45) is 0 Å². The average Bonchev–Trinajstić information content (AvgIpc) is 3.66. The molecule has 0 saturated heterocycles. The van der Waals surface area contributed by atoms with Crippen LogP contribution in [0.25, 0.3) is 10.9 Å². The Balaban J connectivity index is 1.53. The SMILES string of the molecule is CCC(C)S(=O)(=O)NC(=O)C1=C2Cn3c(cc4c(OC)ccc(C5CCCCC5)c43)C3C(=C21)C=CC[C@H]3NC(=O)C(=O)N(C)C. The number of methoxy groups -OCH3 is 1. The van der Waals surface area contributed by atoms with Gasteiger partial charge < -0.3 is 19.5 Å². The van der Waals surface area contributed by atoms with Crippen LogP contribution in [-0.2, 0) is 31.0 Å². The van der Waals surface area contributed by atoms with Gasteiger partial charge in [0.05, 0.1) is 23.4 Å². The Labute approximate surface area is 264 Å². The maximum atomic E-state index is 13.6. The highest BCUT2D eigenvalue weighted by molar-refractivity contribution is 7.90. The van der Waals surface area contributed by atoms with Gasteiger partial charge in [-0.3, -0.25) is 14.4 Å². The summed E-state index contributed by atoms with van der Waals surface area (Å²) in [6, 6.07) is 5.86. The highest BCUT2D eigenvalue weighted by Crippen LogP contribution is 2.54. The number of likely N-dealkylation sites (N-methyl/N-ethyl adjacent to an activating group) is 1. The molecule has 3 amide bonds.